The number of carbonyl (C=O) groups excluding carboxylic acids is 2. The number of hydrogen-bond donors (Lipinski definition) is 1. The lowest BCUT2D eigenvalue weighted by Gasteiger charge is -2.15. The topological polar surface area (TPSA) is 80.8 Å². The Kier molecular flexibility index (Phi) is 5.90. The van der Waals surface area contributed by atoms with E-state index in [-0.39, 0.29) is 18.2 Å². The minimum atomic E-state index is -0.162. The summed E-state index contributed by atoms with van der Waals surface area (Å²) in [5, 5.41) is 5.29. The Morgan fingerprint density at radius 2 is 1.94 bits per heavy atom. The number of rotatable bonds is 6. The van der Waals surface area contributed by atoms with Crippen molar-refractivity contribution >= 4 is 34.0 Å². The summed E-state index contributed by atoms with van der Waals surface area (Å²) in [5.74, 6) is 1.08. The molecule has 0 bridgehead atoms. The van der Waals surface area contributed by atoms with Crippen molar-refractivity contribution < 1.29 is 19.1 Å². The predicted octanol–water partition coefficient (Wildman–Crippen LogP) is 3.92. The van der Waals surface area contributed by atoms with E-state index >= 15 is 0 Å². The summed E-state index contributed by atoms with van der Waals surface area (Å²) < 4.78 is 10.5. The summed E-state index contributed by atoms with van der Waals surface area (Å²) in [6.07, 6.45) is 1.06. The summed E-state index contributed by atoms with van der Waals surface area (Å²) in [6.45, 7) is 2.29. The molecular weight excluding hydrogens is 414 g/mol. The second-order valence-corrected chi connectivity index (χ2v) is 8.07. The van der Waals surface area contributed by atoms with E-state index in [2.05, 4.69) is 10.3 Å². The number of methoxy groups -OCH3 is 2. The molecule has 4 rings (SSSR count). The second-order valence-electron chi connectivity index (χ2n) is 7.22. The van der Waals surface area contributed by atoms with Crippen LogP contribution in [0.5, 0.6) is 11.5 Å². The van der Waals surface area contributed by atoms with Crippen molar-refractivity contribution in [2.45, 2.75) is 19.8 Å². The third-order valence-corrected chi connectivity index (χ3v) is 5.98. The lowest BCUT2D eigenvalue weighted by molar-refractivity contribution is -0.117. The van der Waals surface area contributed by atoms with E-state index in [1.807, 2.05) is 29.6 Å². The minimum absolute atomic E-state index is 0.0392. The van der Waals surface area contributed by atoms with Crippen LogP contribution in [0.25, 0.3) is 11.3 Å². The maximum absolute atomic E-state index is 12.5. The van der Waals surface area contributed by atoms with Gasteiger partial charge >= 0.3 is 0 Å². The molecule has 0 saturated heterocycles. The molecule has 2 amide bonds. The van der Waals surface area contributed by atoms with Gasteiger partial charge in [-0.05, 0) is 35.7 Å². The monoisotopic (exact) mass is 437 g/mol. The number of ether oxygens (including phenoxy) is 2. The van der Waals surface area contributed by atoms with E-state index in [0.717, 1.165) is 34.5 Å². The first kappa shape index (κ1) is 20.9. The molecule has 0 fully saturated rings. The van der Waals surface area contributed by atoms with E-state index in [9.17, 15) is 9.59 Å². The van der Waals surface area contributed by atoms with Crippen LogP contribution in [0.15, 0.2) is 41.8 Å². The highest BCUT2D eigenvalue weighted by atomic mass is 32.1. The number of benzene rings is 2. The molecule has 1 aliphatic rings. The zero-order valence-electron chi connectivity index (χ0n) is 17.6. The molecule has 1 N–H and O–H groups in total. The third-order valence-electron chi connectivity index (χ3n) is 5.22. The van der Waals surface area contributed by atoms with Crippen molar-refractivity contribution in [3.63, 3.8) is 0 Å². The number of carbonyl (C=O) groups is 2. The number of fused-ring (bicyclic) bond motifs is 1. The molecule has 160 valence electrons. The largest absolute Gasteiger partial charge is 0.493 e. The highest BCUT2D eigenvalue weighted by molar-refractivity contribution is 7.14. The van der Waals surface area contributed by atoms with Gasteiger partial charge in [-0.25, -0.2) is 4.98 Å². The van der Waals surface area contributed by atoms with Gasteiger partial charge in [0.2, 0.25) is 11.8 Å². The molecular formula is C23H23N3O4S. The number of nitrogens with one attached hydrogen (secondary N) is 1. The second kappa shape index (κ2) is 8.77. The van der Waals surface area contributed by atoms with Gasteiger partial charge in [0.15, 0.2) is 16.6 Å². The molecule has 0 radical (unpaired) electrons. The molecule has 31 heavy (non-hydrogen) atoms. The van der Waals surface area contributed by atoms with Crippen molar-refractivity contribution in [2.75, 3.05) is 31.0 Å². The fourth-order valence-corrected chi connectivity index (χ4v) is 4.40. The molecule has 2 aromatic carbocycles. The van der Waals surface area contributed by atoms with Crippen LogP contribution in [0.1, 0.15) is 18.1 Å². The van der Waals surface area contributed by atoms with Gasteiger partial charge in [-0.1, -0.05) is 18.2 Å². The van der Waals surface area contributed by atoms with Gasteiger partial charge in [0.1, 0.15) is 0 Å². The average molecular weight is 438 g/mol. The van der Waals surface area contributed by atoms with Crippen molar-refractivity contribution in [2.24, 2.45) is 0 Å². The summed E-state index contributed by atoms with van der Waals surface area (Å²) in [4.78, 5) is 30.7. The molecule has 1 aliphatic heterocycles. The first-order chi connectivity index (χ1) is 15.0. The summed E-state index contributed by atoms with van der Waals surface area (Å²) in [6, 6.07) is 11.4. The highest BCUT2D eigenvalue weighted by Crippen LogP contribution is 2.34. The molecule has 1 aromatic heterocycles. The van der Waals surface area contributed by atoms with Crippen LogP contribution >= 0.6 is 11.3 Å². The van der Waals surface area contributed by atoms with Gasteiger partial charge < -0.3 is 19.7 Å². The number of nitrogens with zero attached hydrogens (tertiary/aromatic N) is 2. The minimum Gasteiger partial charge on any atom is -0.493 e. The lowest BCUT2D eigenvalue weighted by atomic mass is 10.1. The normalized spacial score (nSPS) is 12.4. The fraction of sp³-hybridized carbons (Fsp3) is 0.261. The van der Waals surface area contributed by atoms with Crippen molar-refractivity contribution in [1.82, 2.24) is 4.98 Å². The van der Waals surface area contributed by atoms with Crippen LogP contribution < -0.4 is 19.7 Å². The Morgan fingerprint density at radius 1 is 1.13 bits per heavy atom. The number of anilines is 2. The lowest BCUT2D eigenvalue weighted by Crippen LogP contribution is -2.25. The zero-order valence-corrected chi connectivity index (χ0v) is 18.4. The third kappa shape index (κ3) is 4.39. The quantitative estimate of drug-likeness (QED) is 0.632. The summed E-state index contributed by atoms with van der Waals surface area (Å²) >= 11 is 1.37. The van der Waals surface area contributed by atoms with E-state index in [0.29, 0.717) is 23.2 Å². The standard InChI is InChI=1S/C23H23N3O4S/c1-14(27)26-9-8-16-5-6-17(12-19(16)26)18-13-31-23(24-18)25-22(28)11-15-4-7-20(29-2)21(10-15)30-3/h4-7,10,12-13H,8-9,11H2,1-3H3,(H,24,25,28). The van der Waals surface area contributed by atoms with Gasteiger partial charge in [0.05, 0.1) is 26.3 Å². The van der Waals surface area contributed by atoms with Crippen LogP contribution in [0.3, 0.4) is 0 Å². The van der Waals surface area contributed by atoms with Crippen LogP contribution in [0.2, 0.25) is 0 Å². The number of aromatic nitrogens is 1. The first-order valence-corrected chi connectivity index (χ1v) is 10.7. The van der Waals surface area contributed by atoms with Crippen molar-refractivity contribution in [3.8, 4) is 22.8 Å². The number of amides is 2. The van der Waals surface area contributed by atoms with Gasteiger partial charge in [-0.3, -0.25) is 9.59 Å². The van der Waals surface area contributed by atoms with Gasteiger partial charge in [-0.15, -0.1) is 11.3 Å². The maximum atomic E-state index is 12.5. The Morgan fingerprint density at radius 3 is 2.68 bits per heavy atom. The van der Waals surface area contributed by atoms with E-state index < -0.39 is 0 Å². The van der Waals surface area contributed by atoms with Crippen LogP contribution in [-0.4, -0.2) is 37.6 Å². The summed E-state index contributed by atoms with van der Waals surface area (Å²) in [5.41, 5.74) is 4.61. The Bertz CT molecular complexity index is 1140. The molecule has 7 nitrogen and oxygen atoms in total. The number of thiazole rings is 1. The van der Waals surface area contributed by atoms with E-state index in [4.69, 9.17) is 9.47 Å². The molecule has 0 spiro atoms. The maximum Gasteiger partial charge on any atom is 0.230 e. The predicted molar refractivity (Wildman–Crippen MR) is 121 cm³/mol. The van der Waals surface area contributed by atoms with Gasteiger partial charge in [-0.2, -0.15) is 0 Å². The number of hydrogen-bond acceptors (Lipinski definition) is 6. The zero-order chi connectivity index (χ0) is 22.0. The van der Waals surface area contributed by atoms with Crippen molar-refractivity contribution in [1.29, 1.82) is 0 Å². The average Bonchev–Trinajstić information content (AvgIpc) is 3.40. The van der Waals surface area contributed by atoms with Crippen molar-refractivity contribution in [3.05, 3.63) is 52.9 Å². The van der Waals surface area contributed by atoms with Gasteiger partial charge in [0.25, 0.3) is 0 Å². The molecule has 0 saturated carbocycles. The molecule has 0 unspecified atom stereocenters. The summed E-state index contributed by atoms with van der Waals surface area (Å²) in [7, 11) is 3.14. The Hall–Kier alpha value is -3.39. The van der Waals surface area contributed by atoms with E-state index in [1.54, 1.807) is 38.2 Å². The van der Waals surface area contributed by atoms with Crippen LogP contribution in [0, 0.1) is 0 Å². The molecule has 0 atom stereocenters. The fourth-order valence-electron chi connectivity index (χ4n) is 3.67. The SMILES string of the molecule is COc1ccc(CC(=O)Nc2nc(-c3ccc4c(c3)N(C(C)=O)CC4)cs2)cc1OC. The van der Waals surface area contributed by atoms with Gasteiger partial charge in [0, 0.05) is 30.1 Å². The molecule has 0 aliphatic carbocycles. The van der Waals surface area contributed by atoms with E-state index in [1.165, 1.54) is 11.3 Å². The molecule has 8 heteroatoms. The molecule has 2 heterocycles. The Labute approximate surface area is 184 Å². The highest BCUT2D eigenvalue weighted by Gasteiger charge is 2.23. The Balaban J connectivity index is 1.46. The first-order valence-electron chi connectivity index (χ1n) is 9.86. The van der Waals surface area contributed by atoms with Crippen LogP contribution in [-0.2, 0) is 22.4 Å². The molecule has 3 aromatic rings. The van der Waals surface area contributed by atoms with Crippen LogP contribution in [0.4, 0.5) is 10.8 Å². The smallest absolute Gasteiger partial charge is 0.230 e.